The first-order valence-corrected chi connectivity index (χ1v) is 12.0. The number of Topliss-reactive ketones (excluding diaryl/α,β-unsaturated/α-hetero) is 1. The van der Waals surface area contributed by atoms with Gasteiger partial charge in [-0.25, -0.2) is 18.2 Å². The van der Waals surface area contributed by atoms with E-state index in [-0.39, 0.29) is 23.3 Å². The van der Waals surface area contributed by atoms with Crippen molar-refractivity contribution in [1.29, 1.82) is 0 Å². The first-order valence-electron chi connectivity index (χ1n) is 9.80. The molecule has 3 aromatic rings. The number of rotatable bonds is 5. The highest BCUT2D eigenvalue weighted by Crippen LogP contribution is 2.29. The van der Waals surface area contributed by atoms with Crippen LogP contribution in [0.5, 0.6) is 0 Å². The summed E-state index contributed by atoms with van der Waals surface area (Å²) in [5, 5.41) is 1.10. The maximum absolute atomic E-state index is 12.7. The quantitative estimate of drug-likeness (QED) is 0.327. The van der Waals surface area contributed by atoms with Gasteiger partial charge in [-0.1, -0.05) is 11.6 Å². The molecule has 1 aromatic carbocycles. The predicted molar refractivity (Wildman–Crippen MR) is 118 cm³/mol. The molecule has 0 saturated carbocycles. The van der Waals surface area contributed by atoms with Gasteiger partial charge in [-0.2, -0.15) is 0 Å². The Labute approximate surface area is 184 Å². The molecule has 1 unspecified atom stereocenters. The van der Waals surface area contributed by atoms with Gasteiger partial charge in [0.15, 0.2) is 16.4 Å². The predicted octanol–water partition coefficient (Wildman–Crippen LogP) is 3.71. The van der Waals surface area contributed by atoms with Crippen LogP contribution < -0.4 is 0 Å². The van der Waals surface area contributed by atoms with Gasteiger partial charge in [0.05, 0.1) is 22.6 Å². The molecule has 1 aliphatic heterocycles. The van der Waals surface area contributed by atoms with E-state index in [0.717, 1.165) is 11.1 Å². The van der Waals surface area contributed by atoms with E-state index in [0.29, 0.717) is 33.9 Å². The molecular weight excluding hydrogens is 440 g/mol. The lowest BCUT2D eigenvalue weighted by Gasteiger charge is -2.16. The minimum absolute atomic E-state index is 0.0774. The molecule has 9 heteroatoms. The second-order valence-electron chi connectivity index (χ2n) is 7.75. The fourth-order valence-corrected chi connectivity index (χ4v) is 5.97. The van der Waals surface area contributed by atoms with Crippen molar-refractivity contribution in [2.24, 2.45) is 0 Å². The Morgan fingerprint density at radius 3 is 2.68 bits per heavy atom. The maximum Gasteiger partial charge on any atom is 0.338 e. The number of carbonyl (C=O) groups excluding carboxylic acids is 2. The number of benzene rings is 1. The number of ether oxygens (including phenoxy) is 1. The summed E-state index contributed by atoms with van der Waals surface area (Å²) in [5.74, 6) is -0.708. The monoisotopic (exact) mass is 460 g/mol. The van der Waals surface area contributed by atoms with Crippen LogP contribution in [0.2, 0.25) is 5.15 Å². The molecule has 0 radical (unpaired) electrons. The lowest BCUT2D eigenvalue weighted by atomic mass is 10.1. The van der Waals surface area contributed by atoms with Crippen LogP contribution in [0.1, 0.15) is 44.6 Å². The minimum atomic E-state index is -3.05. The van der Waals surface area contributed by atoms with Crippen LogP contribution in [0, 0.1) is 13.8 Å². The number of esters is 1. The summed E-state index contributed by atoms with van der Waals surface area (Å²) in [6, 6.07) is 9.82. The molecule has 4 rings (SSSR count). The fourth-order valence-electron chi connectivity index (χ4n) is 4.12. The third-order valence-electron chi connectivity index (χ3n) is 5.58. The highest BCUT2D eigenvalue weighted by atomic mass is 35.5. The SMILES string of the molecule is Cc1cc(C(=O)COC(=O)c2ccc3nc(Cl)ccc3c2)c(C)n1C1CCS(=O)(=O)C1. The molecule has 1 saturated heterocycles. The van der Waals surface area contributed by atoms with Crippen molar-refractivity contribution < 1.29 is 22.7 Å². The number of aryl methyl sites for hydroxylation is 1. The molecule has 0 spiro atoms. The number of nitrogens with zero attached hydrogens (tertiary/aromatic N) is 2. The largest absolute Gasteiger partial charge is 0.454 e. The summed E-state index contributed by atoms with van der Waals surface area (Å²) in [4.78, 5) is 29.3. The van der Waals surface area contributed by atoms with Gasteiger partial charge in [-0.05, 0) is 56.7 Å². The van der Waals surface area contributed by atoms with Gasteiger partial charge in [0.1, 0.15) is 5.15 Å². The Bertz CT molecular complexity index is 1310. The van der Waals surface area contributed by atoms with Crippen molar-refractivity contribution in [2.45, 2.75) is 26.3 Å². The van der Waals surface area contributed by atoms with Gasteiger partial charge in [0.2, 0.25) is 5.78 Å². The van der Waals surface area contributed by atoms with Gasteiger partial charge in [-0.3, -0.25) is 4.79 Å². The van der Waals surface area contributed by atoms with Crippen molar-refractivity contribution >= 4 is 44.1 Å². The second kappa shape index (κ2) is 8.09. The van der Waals surface area contributed by atoms with Gasteiger partial charge in [0.25, 0.3) is 0 Å². The summed E-state index contributed by atoms with van der Waals surface area (Å²) in [6.07, 6.45) is 0.531. The van der Waals surface area contributed by atoms with Crippen molar-refractivity contribution in [2.75, 3.05) is 18.1 Å². The number of halogens is 1. The van der Waals surface area contributed by atoms with Crippen molar-refractivity contribution in [3.8, 4) is 0 Å². The molecule has 162 valence electrons. The number of hydrogen-bond donors (Lipinski definition) is 0. The smallest absolute Gasteiger partial charge is 0.338 e. The summed E-state index contributed by atoms with van der Waals surface area (Å²) in [7, 11) is -3.05. The molecule has 7 nitrogen and oxygen atoms in total. The molecule has 1 aliphatic rings. The molecule has 31 heavy (non-hydrogen) atoms. The molecule has 0 bridgehead atoms. The number of fused-ring (bicyclic) bond motifs is 1. The summed E-state index contributed by atoms with van der Waals surface area (Å²) >= 11 is 5.87. The lowest BCUT2D eigenvalue weighted by Crippen LogP contribution is -2.17. The zero-order valence-corrected chi connectivity index (χ0v) is 18.7. The van der Waals surface area contributed by atoms with E-state index in [1.807, 2.05) is 11.5 Å². The standard InChI is InChI=1S/C22H21ClN2O5S/c1-13-9-18(14(2)25(13)17-7-8-31(28,29)12-17)20(26)11-30-22(27)16-3-5-19-15(10-16)4-6-21(23)24-19/h3-6,9-10,17H,7-8,11-12H2,1-2H3. The molecule has 0 amide bonds. The minimum Gasteiger partial charge on any atom is -0.454 e. The number of ketones is 1. The van der Waals surface area contributed by atoms with Crippen LogP contribution in [0.15, 0.2) is 36.4 Å². The molecular formula is C22H21ClN2O5S. The Hall–Kier alpha value is -2.71. The van der Waals surface area contributed by atoms with Crippen molar-refractivity contribution in [3.63, 3.8) is 0 Å². The van der Waals surface area contributed by atoms with E-state index in [1.165, 1.54) is 0 Å². The van der Waals surface area contributed by atoms with E-state index < -0.39 is 22.4 Å². The summed E-state index contributed by atoms with van der Waals surface area (Å²) in [6.45, 7) is 3.23. The second-order valence-corrected chi connectivity index (χ2v) is 10.4. The molecule has 3 heterocycles. The van der Waals surface area contributed by atoms with Crippen LogP contribution in [-0.4, -0.2) is 47.8 Å². The fraction of sp³-hybridized carbons (Fsp3) is 0.318. The number of aromatic nitrogens is 2. The maximum atomic E-state index is 12.7. The third-order valence-corrected chi connectivity index (χ3v) is 7.54. The van der Waals surface area contributed by atoms with Crippen LogP contribution >= 0.6 is 11.6 Å². The number of sulfone groups is 1. The number of pyridine rings is 1. The van der Waals surface area contributed by atoms with E-state index >= 15 is 0 Å². The van der Waals surface area contributed by atoms with Crippen LogP contribution in [0.4, 0.5) is 0 Å². The van der Waals surface area contributed by atoms with E-state index in [1.54, 1.807) is 43.3 Å². The van der Waals surface area contributed by atoms with Crippen LogP contribution in [0.25, 0.3) is 10.9 Å². The van der Waals surface area contributed by atoms with Gasteiger partial charge in [-0.15, -0.1) is 0 Å². The Balaban J connectivity index is 1.47. The van der Waals surface area contributed by atoms with Gasteiger partial charge >= 0.3 is 5.97 Å². The third kappa shape index (κ3) is 4.36. The van der Waals surface area contributed by atoms with Crippen LogP contribution in [0.3, 0.4) is 0 Å². The molecule has 1 atom stereocenters. The van der Waals surface area contributed by atoms with Crippen molar-refractivity contribution in [3.05, 3.63) is 64.1 Å². The average molecular weight is 461 g/mol. The van der Waals surface area contributed by atoms with E-state index in [9.17, 15) is 18.0 Å². The van der Waals surface area contributed by atoms with E-state index in [2.05, 4.69) is 4.98 Å². The Kier molecular flexibility index (Phi) is 5.61. The van der Waals surface area contributed by atoms with E-state index in [4.69, 9.17) is 16.3 Å². The summed E-state index contributed by atoms with van der Waals surface area (Å²) in [5.41, 5.74) is 2.91. The molecule has 2 aromatic heterocycles. The van der Waals surface area contributed by atoms with Crippen LogP contribution in [-0.2, 0) is 14.6 Å². The van der Waals surface area contributed by atoms with Crippen molar-refractivity contribution in [1.82, 2.24) is 9.55 Å². The number of hydrogen-bond acceptors (Lipinski definition) is 6. The Morgan fingerprint density at radius 1 is 1.19 bits per heavy atom. The van der Waals surface area contributed by atoms with Gasteiger partial charge in [0, 0.05) is 28.4 Å². The first-order chi connectivity index (χ1) is 14.6. The number of carbonyl (C=O) groups is 2. The highest BCUT2D eigenvalue weighted by Gasteiger charge is 2.31. The Morgan fingerprint density at radius 2 is 1.97 bits per heavy atom. The topological polar surface area (TPSA) is 95.3 Å². The first kappa shape index (κ1) is 21.5. The summed E-state index contributed by atoms with van der Waals surface area (Å²) < 4.78 is 30.8. The molecule has 0 aliphatic carbocycles. The zero-order valence-electron chi connectivity index (χ0n) is 17.1. The zero-order chi connectivity index (χ0) is 22.3. The lowest BCUT2D eigenvalue weighted by molar-refractivity contribution is 0.0474. The molecule has 1 fully saturated rings. The highest BCUT2D eigenvalue weighted by molar-refractivity contribution is 7.91. The average Bonchev–Trinajstić information content (AvgIpc) is 3.22. The normalized spacial score (nSPS) is 17.7. The van der Waals surface area contributed by atoms with Gasteiger partial charge < -0.3 is 9.30 Å². The molecule has 0 N–H and O–H groups in total.